The lowest BCUT2D eigenvalue weighted by Gasteiger charge is -2.13. The van der Waals surface area contributed by atoms with Gasteiger partial charge in [0.2, 0.25) is 0 Å². The van der Waals surface area contributed by atoms with E-state index in [-0.39, 0.29) is 5.60 Å². The fraction of sp³-hybridized carbons (Fsp3) is 0.750. The van der Waals surface area contributed by atoms with Crippen LogP contribution in [0.3, 0.4) is 0 Å². The van der Waals surface area contributed by atoms with E-state index >= 15 is 0 Å². The number of aromatic nitrogens is 3. The third-order valence-electron chi connectivity index (χ3n) is 2.15. The molecule has 4 heteroatoms. The summed E-state index contributed by atoms with van der Waals surface area (Å²) in [4.78, 5) is 1.70. The van der Waals surface area contributed by atoms with Crippen LogP contribution in [0.5, 0.6) is 0 Å². The monoisotopic (exact) mass is 167 g/mol. The Bertz CT molecular complexity index is 241. The predicted octanol–water partition coefficient (Wildman–Crippen LogP) is 0.847. The lowest BCUT2D eigenvalue weighted by Crippen LogP contribution is -2.23. The highest BCUT2D eigenvalue weighted by molar-refractivity contribution is 4.94. The summed E-state index contributed by atoms with van der Waals surface area (Å²) >= 11 is 0. The van der Waals surface area contributed by atoms with E-state index in [0.29, 0.717) is 0 Å². The second-order valence-corrected chi connectivity index (χ2v) is 3.18. The number of rotatable bonds is 4. The van der Waals surface area contributed by atoms with Crippen LogP contribution in [0.4, 0.5) is 0 Å². The average Bonchev–Trinajstić information content (AvgIpc) is 2.63. The van der Waals surface area contributed by atoms with E-state index in [2.05, 4.69) is 10.2 Å². The third kappa shape index (κ3) is 1.48. The van der Waals surface area contributed by atoms with Crippen molar-refractivity contribution in [2.24, 2.45) is 0 Å². The lowest BCUT2D eigenvalue weighted by atomic mass is 10.3. The highest BCUT2D eigenvalue weighted by Gasteiger charge is 2.44. The fourth-order valence-corrected chi connectivity index (χ4v) is 1.38. The van der Waals surface area contributed by atoms with E-state index in [0.717, 1.165) is 26.0 Å². The van der Waals surface area contributed by atoms with E-state index in [1.165, 1.54) is 0 Å². The number of nitrogens with zero attached hydrogens (tertiary/aromatic N) is 3. The Balaban J connectivity index is 1.94. The highest BCUT2D eigenvalue weighted by Crippen LogP contribution is 2.40. The van der Waals surface area contributed by atoms with E-state index in [9.17, 15) is 0 Å². The Kier molecular flexibility index (Phi) is 1.84. The Labute approximate surface area is 71.5 Å². The van der Waals surface area contributed by atoms with Gasteiger partial charge in [0.25, 0.3) is 0 Å². The minimum absolute atomic E-state index is 0.0633. The number of ether oxygens (including phenoxy) is 1. The van der Waals surface area contributed by atoms with Crippen molar-refractivity contribution in [1.29, 1.82) is 0 Å². The minimum atomic E-state index is 0.0633. The van der Waals surface area contributed by atoms with Crippen LogP contribution in [-0.2, 0) is 11.3 Å². The maximum atomic E-state index is 5.61. The van der Waals surface area contributed by atoms with Crippen molar-refractivity contribution in [3.63, 3.8) is 0 Å². The molecule has 1 aromatic rings. The smallest absolute Gasteiger partial charge is 0.0897 e. The first kappa shape index (κ1) is 7.73. The normalized spacial score (nSPS) is 19.4. The van der Waals surface area contributed by atoms with E-state index in [1.807, 2.05) is 6.92 Å². The molecule has 0 spiro atoms. The summed E-state index contributed by atoms with van der Waals surface area (Å²) in [5, 5.41) is 8.10. The van der Waals surface area contributed by atoms with Gasteiger partial charge in [-0.05, 0) is 19.8 Å². The maximum Gasteiger partial charge on any atom is 0.0897 e. The summed E-state index contributed by atoms with van der Waals surface area (Å²) in [6.07, 6.45) is 5.68. The molecule has 0 bridgehead atoms. The molecule has 0 atom stereocenters. The van der Waals surface area contributed by atoms with Crippen LogP contribution < -0.4 is 0 Å². The largest absolute Gasteiger partial charge is 0.373 e. The lowest BCUT2D eigenvalue weighted by molar-refractivity contribution is 0.0237. The third-order valence-corrected chi connectivity index (χ3v) is 2.15. The van der Waals surface area contributed by atoms with Gasteiger partial charge in [-0.2, -0.15) is 15.0 Å². The molecule has 2 rings (SSSR count). The molecule has 12 heavy (non-hydrogen) atoms. The quantitative estimate of drug-likeness (QED) is 0.667. The van der Waals surface area contributed by atoms with Crippen LogP contribution in [0, 0.1) is 0 Å². The van der Waals surface area contributed by atoms with Gasteiger partial charge in [0.15, 0.2) is 0 Å². The van der Waals surface area contributed by atoms with Crippen molar-refractivity contribution in [2.75, 3.05) is 6.61 Å². The summed E-state index contributed by atoms with van der Waals surface area (Å²) in [5.41, 5.74) is 0.0633. The topological polar surface area (TPSA) is 39.9 Å². The van der Waals surface area contributed by atoms with Gasteiger partial charge in [-0.25, -0.2) is 0 Å². The van der Waals surface area contributed by atoms with Crippen LogP contribution in [0.2, 0.25) is 0 Å². The zero-order valence-electron chi connectivity index (χ0n) is 7.23. The van der Waals surface area contributed by atoms with Crippen LogP contribution >= 0.6 is 0 Å². The van der Waals surface area contributed by atoms with Crippen LogP contribution in [-0.4, -0.2) is 27.2 Å². The first-order valence-corrected chi connectivity index (χ1v) is 4.33. The Hall–Kier alpha value is -0.900. The summed E-state index contributed by atoms with van der Waals surface area (Å²) < 4.78 is 5.61. The standard InChI is InChI=1S/C8H13N3O/c1-2-12-8(3-4-8)7-11-9-5-6-10-11/h5-6H,2-4,7H2,1H3. The van der Waals surface area contributed by atoms with Crippen LogP contribution in [0.25, 0.3) is 0 Å². The predicted molar refractivity (Wildman–Crippen MR) is 43.6 cm³/mol. The first-order valence-electron chi connectivity index (χ1n) is 4.33. The van der Waals surface area contributed by atoms with Crippen molar-refractivity contribution >= 4 is 0 Å². The molecule has 0 saturated heterocycles. The van der Waals surface area contributed by atoms with Gasteiger partial charge in [0.05, 0.1) is 24.5 Å². The molecule has 1 fully saturated rings. The molecule has 0 unspecified atom stereocenters. The molecule has 1 saturated carbocycles. The zero-order chi connectivity index (χ0) is 8.44. The fourth-order valence-electron chi connectivity index (χ4n) is 1.38. The van der Waals surface area contributed by atoms with Crippen molar-refractivity contribution in [2.45, 2.75) is 31.9 Å². The molecule has 1 aliphatic carbocycles. The van der Waals surface area contributed by atoms with Gasteiger partial charge >= 0.3 is 0 Å². The zero-order valence-corrected chi connectivity index (χ0v) is 7.23. The van der Waals surface area contributed by atoms with E-state index in [1.54, 1.807) is 17.2 Å². The Morgan fingerprint density at radius 1 is 1.42 bits per heavy atom. The van der Waals surface area contributed by atoms with Gasteiger partial charge in [0, 0.05) is 6.61 Å². The van der Waals surface area contributed by atoms with Crippen LogP contribution in [0.15, 0.2) is 12.4 Å². The average molecular weight is 167 g/mol. The molecular weight excluding hydrogens is 154 g/mol. The molecule has 1 aromatic heterocycles. The molecular formula is C8H13N3O. The second-order valence-electron chi connectivity index (χ2n) is 3.18. The molecule has 1 heterocycles. The van der Waals surface area contributed by atoms with E-state index < -0.39 is 0 Å². The van der Waals surface area contributed by atoms with Gasteiger partial charge < -0.3 is 4.74 Å². The molecule has 0 radical (unpaired) electrons. The van der Waals surface area contributed by atoms with Gasteiger partial charge in [-0.15, -0.1) is 0 Å². The summed E-state index contributed by atoms with van der Waals surface area (Å²) in [6.45, 7) is 3.60. The molecule has 0 N–H and O–H groups in total. The number of hydrogen-bond acceptors (Lipinski definition) is 3. The second kappa shape index (κ2) is 2.86. The molecule has 66 valence electrons. The van der Waals surface area contributed by atoms with Crippen LogP contribution in [0.1, 0.15) is 19.8 Å². The minimum Gasteiger partial charge on any atom is -0.373 e. The molecule has 0 aromatic carbocycles. The molecule has 0 aliphatic heterocycles. The van der Waals surface area contributed by atoms with Gasteiger partial charge in [-0.3, -0.25) is 0 Å². The Morgan fingerprint density at radius 2 is 2.08 bits per heavy atom. The van der Waals surface area contributed by atoms with E-state index in [4.69, 9.17) is 4.74 Å². The first-order chi connectivity index (χ1) is 5.85. The maximum absolute atomic E-state index is 5.61. The van der Waals surface area contributed by atoms with Crippen molar-refractivity contribution in [1.82, 2.24) is 15.0 Å². The summed E-state index contributed by atoms with van der Waals surface area (Å²) in [7, 11) is 0. The molecule has 4 nitrogen and oxygen atoms in total. The molecule has 1 aliphatic rings. The van der Waals surface area contributed by atoms with Crippen molar-refractivity contribution in [3.8, 4) is 0 Å². The number of hydrogen-bond donors (Lipinski definition) is 0. The molecule has 0 amide bonds. The van der Waals surface area contributed by atoms with Crippen molar-refractivity contribution < 1.29 is 4.74 Å². The SMILES string of the molecule is CCOC1(Cn2nccn2)CC1. The van der Waals surface area contributed by atoms with Crippen molar-refractivity contribution in [3.05, 3.63) is 12.4 Å². The summed E-state index contributed by atoms with van der Waals surface area (Å²) in [5.74, 6) is 0. The summed E-state index contributed by atoms with van der Waals surface area (Å²) in [6, 6.07) is 0. The van der Waals surface area contributed by atoms with Gasteiger partial charge in [-0.1, -0.05) is 0 Å². The highest BCUT2D eigenvalue weighted by atomic mass is 16.5. The van der Waals surface area contributed by atoms with Gasteiger partial charge in [0.1, 0.15) is 0 Å². The Morgan fingerprint density at radius 3 is 2.58 bits per heavy atom.